The number of hydrogen-bond donors (Lipinski definition) is 1. The van der Waals surface area contributed by atoms with Gasteiger partial charge in [0.2, 0.25) is 5.88 Å². The number of aromatic amines is 1. The van der Waals surface area contributed by atoms with Crippen LogP contribution in [0.25, 0.3) is 0 Å². The van der Waals surface area contributed by atoms with Gasteiger partial charge in [-0.2, -0.15) is 0 Å². The number of H-pyrrole nitrogens is 1. The average Bonchev–Trinajstić information content (AvgIpc) is 3.02. The summed E-state index contributed by atoms with van der Waals surface area (Å²) in [5.41, 5.74) is 0.809. The Hall–Kier alpha value is -2.63. The number of carbonyl (C=O) groups is 2. The van der Waals surface area contributed by atoms with E-state index in [0.717, 1.165) is 4.90 Å². The summed E-state index contributed by atoms with van der Waals surface area (Å²) >= 11 is 0. The van der Waals surface area contributed by atoms with E-state index in [1.807, 2.05) is 13.8 Å². The van der Waals surface area contributed by atoms with E-state index in [-0.39, 0.29) is 11.8 Å². The van der Waals surface area contributed by atoms with Gasteiger partial charge in [0.05, 0.1) is 17.7 Å². The van der Waals surface area contributed by atoms with Crippen LogP contribution in [0.4, 0.5) is 5.82 Å². The molecule has 0 saturated heterocycles. The number of benzene rings is 1. The van der Waals surface area contributed by atoms with Crippen LogP contribution < -0.4 is 9.64 Å². The molecular weight excluding hydrogens is 270 g/mol. The first-order valence-corrected chi connectivity index (χ1v) is 6.74. The number of rotatable bonds is 4. The lowest BCUT2D eigenvalue weighted by Crippen LogP contribution is -2.29. The number of nitrogens with zero attached hydrogens (tertiary/aromatic N) is 2. The molecule has 0 aliphatic carbocycles. The summed E-state index contributed by atoms with van der Waals surface area (Å²) in [5, 5.41) is 6.65. The third-order valence-corrected chi connectivity index (χ3v) is 3.14. The number of aromatic nitrogens is 2. The first kappa shape index (κ1) is 13.4. The van der Waals surface area contributed by atoms with Gasteiger partial charge < -0.3 is 4.74 Å². The Labute approximate surface area is 121 Å². The van der Waals surface area contributed by atoms with Gasteiger partial charge in [-0.05, 0) is 18.1 Å². The minimum absolute atomic E-state index is 0.319. The molecule has 0 fully saturated rings. The molecular formula is C15H15N3O3. The highest BCUT2D eigenvalue weighted by Crippen LogP contribution is 2.28. The van der Waals surface area contributed by atoms with E-state index in [9.17, 15) is 9.59 Å². The lowest BCUT2D eigenvalue weighted by molar-refractivity contribution is 0.0925. The molecule has 0 spiro atoms. The van der Waals surface area contributed by atoms with Crippen molar-refractivity contribution >= 4 is 17.6 Å². The largest absolute Gasteiger partial charge is 0.476 e. The minimum atomic E-state index is -0.352. The van der Waals surface area contributed by atoms with E-state index in [1.165, 1.54) is 0 Å². The minimum Gasteiger partial charge on any atom is -0.476 e. The van der Waals surface area contributed by atoms with Crippen LogP contribution in [0, 0.1) is 5.92 Å². The zero-order chi connectivity index (χ0) is 15.0. The highest BCUT2D eigenvalue weighted by Gasteiger charge is 2.37. The molecule has 0 saturated carbocycles. The molecule has 2 aromatic rings. The van der Waals surface area contributed by atoms with Crippen LogP contribution in [0.2, 0.25) is 0 Å². The zero-order valence-corrected chi connectivity index (χ0v) is 11.8. The monoisotopic (exact) mass is 285 g/mol. The van der Waals surface area contributed by atoms with Crippen molar-refractivity contribution in [1.82, 2.24) is 10.2 Å². The van der Waals surface area contributed by atoms with Crippen molar-refractivity contribution in [3.63, 3.8) is 0 Å². The third kappa shape index (κ3) is 2.29. The van der Waals surface area contributed by atoms with Crippen molar-refractivity contribution in [2.45, 2.75) is 13.8 Å². The number of carbonyl (C=O) groups excluding carboxylic acids is 2. The van der Waals surface area contributed by atoms with Crippen molar-refractivity contribution in [1.29, 1.82) is 0 Å². The summed E-state index contributed by atoms with van der Waals surface area (Å²) in [5.74, 6) is 0.351. The van der Waals surface area contributed by atoms with Crippen molar-refractivity contribution in [3.05, 3.63) is 41.5 Å². The molecule has 1 aliphatic heterocycles. The van der Waals surface area contributed by atoms with Crippen LogP contribution in [0.1, 0.15) is 34.6 Å². The molecule has 1 aliphatic rings. The Bertz CT molecular complexity index is 671. The quantitative estimate of drug-likeness (QED) is 0.874. The van der Waals surface area contributed by atoms with Crippen LogP contribution in [-0.4, -0.2) is 28.6 Å². The van der Waals surface area contributed by atoms with Gasteiger partial charge in [-0.3, -0.25) is 14.7 Å². The Kier molecular flexibility index (Phi) is 3.21. The molecule has 108 valence electrons. The number of ether oxygens (including phenoxy) is 1. The Morgan fingerprint density at radius 3 is 2.38 bits per heavy atom. The summed E-state index contributed by atoms with van der Waals surface area (Å²) in [6.45, 7) is 4.57. The lowest BCUT2D eigenvalue weighted by Gasteiger charge is -2.09. The van der Waals surface area contributed by atoms with Gasteiger partial charge in [0, 0.05) is 6.07 Å². The highest BCUT2D eigenvalue weighted by atomic mass is 16.5. The van der Waals surface area contributed by atoms with Crippen molar-refractivity contribution in [2.75, 3.05) is 11.5 Å². The van der Waals surface area contributed by atoms with Gasteiger partial charge in [0.25, 0.3) is 11.8 Å². The number of fused-ring (bicyclic) bond motifs is 1. The number of anilines is 1. The molecule has 21 heavy (non-hydrogen) atoms. The maximum absolute atomic E-state index is 12.3. The summed E-state index contributed by atoms with van der Waals surface area (Å²) in [7, 11) is 0. The Balaban J connectivity index is 1.86. The fraction of sp³-hybridized carbons (Fsp3) is 0.267. The van der Waals surface area contributed by atoms with E-state index >= 15 is 0 Å². The predicted molar refractivity (Wildman–Crippen MR) is 76.5 cm³/mol. The third-order valence-electron chi connectivity index (χ3n) is 3.14. The first-order chi connectivity index (χ1) is 10.1. The smallest absolute Gasteiger partial charge is 0.267 e. The van der Waals surface area contributed by atoms with Crippen LogP contribution in [0.3, 0.4) is 0 Å². The molecule has 6 heteroatoms. The first-order valence-electron chi connectivity index (χ1n) is 6.74. The van der Waals surface area contributed by atoms with Crippen LogP contribution in [-0.2, 0) is 0 Å². The number of imide groups is 1. The van der Waals surface area contributed by atoms with E-state index in [1.54, 1.807) is 30.3 Å². The zero-order valence-electron chi connectivity index (χ0n) is 11.8. The SMILES string of the molecule is CC(C)COc1cc(N2C(=O)c3ccccc3C2=O)[nH]n1. The fourth-order valence-electron chi connectivity index (χ4n) is 2.14. The van der Waals surface area contributed by atoms with E-state index in [0.29, 0.717) is 35.3 Å². The standard InChI is InChI=1S/C15H15N3O3/c1-9(2)8-21-13-7-12(16-17-13)18-14(19)10-5-3-4-6-11(10)15(18)20/h3-7,9H,8H2,1-2H3,(H,16,17). The summed E-state index contributed by atoms with van der Waals surface area (Å²) in [4.78, 5) is 25.7. The van der Waals surface area contributed by atoms with Gasteiger partial charge in [0.1, 0.15) is 5.82 Å². The average molecular weight is 285 g/mol. The molecule has 2 heterocycles. The second-order valence-electron chi connectivity index (χ2n) is 5.29. The molecule has 3 rings (SSSR count). The molecule has 2 amide bonds. The van der Waals surface area contributed by atoms with Crippen molar-refractivity contribution < 1.29 is 14.3 Å². The topological polar surface area (TPSA) is 75.3 Å². The second kappa shape index (κ2) is 5.05. The maximum Gasteiger partial charge on any atom is 0.267 e. The molecule has 0 unspecified atom stereocenters. The fourth-order valence-corrected chi connectivity index (χ4v) is 2.14. The molecule has 1 aromatic heterocycles. The van der Waals surface area contributed by atoms with Gasteiger partial charge in [-0.1, -0.05) is 26.0 Å². The van der Waals surface area contributed by atoms with Crippen LogP contribution in [0.5, 0.6) is 5.88 Å². The van der Waals surface area contributed by atoms with Gasteiger partial charge >= 0.3 is 0 Å². The molecule has 0 bridgehead atoms. The summed E-state index contributed by atoms with van der Waals surface area (Å²) in [6.07, 6.45) is 0. The number of nitrogens with one attached hydrogen (secondary N) is 1. The molecule has 6 nitrogen and oxygen atoms in total. The van der Waals surface area contributed by atoms with Crippen LogP contribution >= 0.6 is 0 Å². The summed E-state index contributed by atoms with van der Waals surface area (Å²) < 4.78 is 5.46. The van der Waals surface area contributed by atoms with E-state index < -0.39 is 0 Å². The van der Waals surface area contributed by atoms with Crippen LogP contribution in [0.15, 0.2) is 30.3 Å². The number of hydrogen-bond acceptors (Lipinski definition) is 4. The van der Waals surface area contributed by atoms with Gasteiger partial charge in [-0.15, -0.1) is 5.10 Å². The van der Waals surface area contributed by atoms with Crippen molar-refractivity contribution in [3.8, 4) is 5.88 Å². The highest BCUT2D eigenvalue weighted by molar-refractivity contribution is 6.34. The van der Waals surface area contributed by atoms with Gasteiger partial charge in [-0.25, -0.2) is 4.90 Å². The Morgan fingerprint density at radius 2 is 1.81 bits per heavy atom. The number of amides is 2. The molecule has 0 radical (unpaired) electrons. The van der Waals surface area contributed by atoms with Gasteiger partial charge in [0.15, 0.2) is 0 Å². The maximum atomic E-state index is 12.3. The normalized spacial score (nSPS) is 14.0. The lowest BCUT2D eigenvalue weighted by atomic mass is 10.1. The molecule has 1 N–H and O–H groups in total. The second-order valence-corrected chi connectivity index (χ2v) is 5.29. The predicted octanol–water partition coefficient (Wildman–Crippen LogP) is 2.25. The van der Waals surface area contributed by atoms with E-state index in [2.05, 4.69) is 10.2 Å². The molecule has 0 atom stereocenters. The van der Waals surface area contributed by atoms with Crippen molar-refractivity contribution in [2.24, 2.45) is 5.92 Å². The molecule has 1 aromatic carbocycles. The summed E-state index contributed by atoms with van der Waals surface area (Å²) in [6, 6.07) is 8.31. The Morgan fingerprint density at radius 1 is 1.19 bits per heavy atom. The van der Waals surface area contributed by atoms with E-state index in [4.69, 9.17) is 4.74 Å².